The van der Waals surface area contributed by atoms with Crippen molar-refractivity contribution in [2.45, 2.75) is 32.1 Å². The molecule has 112 valence electrons. The number of carbonyl (C=O) groups is 1. The number of amides is 1. The number of anilines is 1. The summed E-state index contributed by atoms with van der Waals surface area (Å²) < 4.78 is 5.45. The van der Waals surface area contributed by atoms with Gasteiger partial charge in [-0.25, -0.2) is 0 Å². The number of hydrogen-bond donors (Lipinski definition) is 3. The molecule has 0 aliphatic heterocycles. The van der Waals surface area contributed by atoms with E-state index in [0.29, 0.717) is 25.3 Å². The van der Waals surface area contributed by atoms with E-state index in [1.165, 1.54) is 0 Å². The van der Waals surface area contributed by atoms with E-state index in [0.717, 1.165) is 31.4 Å². The molecule has 0 aromatic heterocycles. The highest BCUT2D eigenvalue weighted by molar-refractivity contribution is 5.75. The average Bonchev–Trinajstić information content (AvgIpc) is 2.45. The molecule has 5 heteroatoms. The van der Waals surface area contributed by atoms with Crippen LogP contribution < -0.4 is 15.8 Å². The molecule has 1 rings (SSSR count). The molecule has 0 bridgehead atoms. The fraction of sp³-hybridized carbons (Fsp3) is 0.533. The summed E-state index contributed by atoms with van der Waals surface area (Å²) in [5.41, 5.74) is 6.26. The van der Waals surface area contributed by atoms with Gasteiger partial charge in [-0.05, 0) is 37.1 Å². The van der Waals surface area contributed by atoms with Crippen molar-refractivity contribution in [3.8, 4) is 5.75 Å². The Morgan fingerprint density at radius 3 is 2.55 bits per heavy atom. The van der Waals surface area contributed by atoms with E-state index in [9.17, 15) is 4.79 Å². The molecule has 20 heavy (non-hydrogen) atoms. The van der Waals surface area contributed by atoms with Crippen molar-refractivity contribution >= 4 is 11.6 Å². The third-order valence-electron chi connectivity index (χ3n) is 2.89. The smallest absolute Gasteiger partial charge is 0.223 e. The van der Waals surface area contributed by atoms with Crippen molar-refractivity contribution in [1.29, 1.82) is 0 Å². The zero-order chi connectivity index (χ0) is 14.6. The zero-order valence-electron chi connectivity index (χ0n) is 11.8. The van der Waals surface area contributed by atoms with Crippen molar-refractivity contribution in [3.05, 3.63) is 24.3 Å². The van der Waals surface area contributed by atoms with Crippen LogP contribution in [0, 0.1) is 0 Å². The van der Waals surface area contributed by atoms with Gasteiger partial charge in [-0.1, -0.05) is 12.8 Å². The Morgan fingerprint density at radius 2 is 1.85 bits per heavy atom. The molecule has 0 aliphatic rings. The summed E-state index contributed by atoms with van der Waals surface area (Å²) in [6.07, 6.45) is 4.17. The third-order valence-corrected chi connectivity index (χ3v) is 2.89. The Balaban J connectivity index is 2.01. The number of unbranched alkanes of at least 4 members (excludes halogenated alkanes) is 3. The predicted molar refractivity (Wildman–Crippen MR) is 79.5 cm³/mol. The summed E-state index contributed by atoms with van der Waals surface area (Å²) in [7, 11) is 0. The van der Waals surface area contributed by atoms with Gasteiger partial charge >= 0.3 is 0 Å². The van der Waals surface area contributed by atoms with Crippen LogP contribution in [0.2, 0.25) is 0 Å². The second-order valence-corrected chi connectivity index (χ2v) is 4.66. The molecule has 0 unspecified atom stereocenters. The van der Waals surface area contributed by atoms with Crippen LogP contribution in [0.15, 0.2) is 24.3 Å². The normalized spacial score (nSPS) is 10.2. The Morgan fingerprint density at radius 1 is 1.15 bits per heavy atom. The maximum atomic E-state index is 11.5. The molecule has 1 amide bonds. The number of carbonyl (C=O) groups excluding carboxylic acids is 1. The maximum absolute atomic E-state index is 11.5. The summed E-state index contributed by atoms with van der Waals surface area (Å²) in [5, 5.41) is 11.5. The van der Waals surface area contributed by atoms with Gasteiger partial charge in [-0.3, -0.25) is 4.79 Å². The molecule has 1 aromatic carbocycles. The first kappa shape index (κ1) is 16.3. The SMILES string of the molecule is Nc1ccc(OCCC(=O)NCCCCCCO)cc1. The summed E-state index contributed by atoms with van der Waals surface area (Å²) in [6, 6.07) is 7.10. The Labute approximate surface area is 120 Å². The minimum atomic E-state index is 0.00241. The fourth-order valence-corrected chi connectivity index (χ4v) is 1.73. The highest BCUT2D eigenvalue weighted by Crippen LogP contribution is 2.13. The number of aliphatic hydroxyl groups excluding tert-OH is 1. The van der Waals surface area contributed by atoms with Crippen LogP contribution in [0.5, 0.6) is 5.75 Å². The van der Waals surface area contributed by atoms with Crippen molar-refractivity contribution in [2.24, 2.45) is 0 Å². The molecule has 4 N–H and O–H groups in total. The Hall–Kier alpha value is -1.75. The fourth-order valence-electron chi connectivity index (χ4n) is 1.73. The lowest BCUT2D eigenvalue weighted by molar-refractivity contribution is -0.121. The van der Waals surface area contributed by atoms with Crippen LogP contribution in [0.3, 0.4) is 0 Å². The lowest BCUT2D eigenvalue weighted by Crippen LogP contribution is -2.25. The molecule has 0 heterocycles. The number of benzene rings is 1. The van der Waals surface area contributed by atoms with E-state index in [-0.39, 0.29) is 12.5 Å². The van der Waals surface area contributed by atoms with Crippen molar-refractivity contribution in [1.82, 2.24) is 5.32 Å². The molecule has 0 atom stereocenters. The van der Waals surface area contributed by atoms with Gasteiger partial charge in [0.1, 0.15) is 5.75 Å². The lowest BCUT2D eigenvalue weighted by Gasteiger charge is -2.07. The molecule has 0 radical (unpaired) electrons. The van der Waals surface area contributed by atoms with Crippen LogP contribution in [0.1, 0.15) is 32.1 Å². The summed E-state index contributed by atoms with van der Waals surface area (Å²) >= 11 is 0. The zero-order valence-corrected chi connectivity index (χ0v) is 11.8. The summed E-state index contributed by atoms with van der Waals surface area (Å²) in [5.74, 6) is 0.721. The summed E-state index contributed by atoms with van der Waals surface area (Å²) in [4.78, 5) is 11.5. The second-order valence-electron chi connectivity index (χ2n) is 4.66. The molecule has 0 aliphatic carbocycles. The average molecular weight is 280 g/mol. The number of nitrogen functional groups attached to an aromatic ring is 1. The largest absolute Gasteiger partial charge is 0.493 e. The molecule has 0 saturated heterocycles. The van der Waals surface area contributed by atoms with Gasteiger partial charge in [-0.2, -0.15) is 0 Å². The Bertz CT molecular complexity index is 379. The number of ether oxygens (including phenoxy) is 1. The first-order valence-electron chi connectivity index (χ1n) is 7.08. The quantitative estimate of drug-likeness (QED) is 0.450. The number of nitrogens with two attached hydrogens (primary N) is 1. The van der Waals surface area contributed by atoms with Crippen LogP contribution in [-0.4, -0.2) is 30.8 Å². The van der Waals surface area contributed by atoms with Crippen molar-refractivity contribution < 1.29 is 14.6 Å². The number of rotatable bonds is 10. The van der Waals surface area contributed by atoms with E-state index in [4.69, 9.17) is 15.6 Å². The van der Waals surface area contributed by atoms with E-state index in [1.807, 2.05) is 0 Å². The molecule has 1 aromatic rings. The molecule has 0 spiro atoms. The van der Waals surface area contributed by atoms with Crippen LogP contribution in [0.4, 0.5) is 5.69 Å². The van der Waals surface area contributed by atoms with Crippen molar-refractivity contribution in [2.75, 3.05) is 25.5 Å². The number of aliphatic hydroxyl groups is 1. The van der Waals surface area contributed by atoms with Crippen molar-refractivity contribution in [3.63, 3.8) is 0 Å². The van der Waals surface area contributed by atoms with E-state index in [1.54, 1.807) is 24.3 Å². The maximum Gasteiger partial charge on any atom is 0.223 e. The van der Waals surface area contributed by atoms with Gasteiger partial charge in [0.15, 0.2) is 0 Å². The topological polar surface area (TPSA) is 84.6 Å². The van der Waals surface area contributed by atoms with Gasteiger partial charge in [-0.15, -0.1) is 0 Å². The number of hydrogen-bond acceptors (Lipinski definition) is 4. The minimum absolute atomic E-state index is 0.00241. The van der Waals surface area contributed by atoms with Gasteiger partial charge < -0.3 is 20.9 Å². The molecule has 5 nitrogen and oxygen atoms in total. The molecule has 0 fully saturated rings. The summed E-state index contributed by atoms with van der Waals surface area (Å²) in [6.45, 7) is 1.29. The molecular weight excluding hydrogens is 256 g/mol. The van der Waals surface area contributed by atoms with Gasteiger partial charge in [0.25, 0.3) is 0 Å². The predicted octanol–water partition coefficient (Wildman–Crippen LogP) is 1.71. The highest BCUT2D eigenvalue weighted by atomic mass is 16.5. The van der Waals surface area contributed by atoms with Crippen LogP contribution in [0.25, 0.3) is 0 Å². The van der Waals surface area contributed by atoms with Crippen LogP contribution >= 0.6 is 0 Å². The highest BCUT2D eigenvalue weighted by Gasteiger charge is 2.01. The second kappa shape index (κ2) is 10.1. The van der Waals surface area contributed by atoms with Gasteiger partial charge in [0.2, 0.25) is 5.91 Å². The van der Waals surface area contributed by atoms with E-state index >= 15 is 0 Å². The third kappa shape index (κ3) is 7.63. The monoisotopic (exact) mass is 280 g/mol. The van der Waals surface area contributed by atoms with Crippen LogP contribution in [-0.2, 0) is 4.79 Å². The lowest BCUT2D eigenvalue weighted by atomic mass is 10.2. The Kier molecular flexibility index (Phi) is 8.22. The molecular formula is C15H24N2O3. The van der Waals surface area contributed by atoms with E-state index < -0.39 is 0 Å². The number of nitrogens with one attached hydrogen (secondary N) is 1. The standard InChI is InChI=1S/C15H24N2O3/c16-13-5-7-14(8-6-13)20-12-9-15(19)17-10-3-1-2-4-11-18/h5-8,18H,1-4,9-12,16H2,(H,17,19). The first-order chi connectivity index (χ1) is 9.72. The first-order valence-corrected chi connectivity index (χ1v) is 7.08. The van der Waals surface area contributed by atoms with Gasteiger partial charge in [0.05, 0.1) is 13.0 Å². The minimum Gasteiger partial charge on any atom is -0.493 e. The van der Waals surface area contributed by atoms with E-state index in [2.05, 4.69) is 5.32 Å². The molecule has 0 saturated carbocycles. The van der Waals surface area contributed by atoms with Gasteiger partial charge in [0, 0.05) is 18.8 Å².